The molecule has 172 valence electrons. The van der Waals surface area contributed by atoms with Crippen molar-refractivity contribution in [2.45, 2.75) is 39.7 Å². The molecule has 0 fully saturated rings. The molecule has 0 radical (unpaired) electrons. The molecule has 0 bridgehead atoms. The molecule has 0 saturated heterocycles. The van der Waals surface area contributed by atoms with E-state index in [2.05, 4.69) is 15.8 Å². The minimum atomic E-state index is -0.739. The van der Waals surface area contributed by atoms with Crippen LogP contribution in [0.2, 0.25) is 5.02 Å². The summed E-state index contributed by atoms with van der Waals surface area (Å²) < 4.78 is 11.1. The average Bonchev–Trinajstić information content (AvgIpc) is 2.77. The summed E-state index contributed by atoms with van der Waals surface area (Å²) in [6.45, 7) is 6.49. The highest BCUT2D eigenvalue weighted by Crippen LogP contribution is 2.30. The second kappa shape index (κ2) is 12.7. The number of rotatable bonds is 11. The lowest BCUT2D eigenvalue weighted by atomic mass is 10.0. The maximum absolute atomic E-state index is 12.8. The van der Waals surface area contributed by atoms with Gasteiger partial charge in [0.05, 0.1) is 19.9 Å². The summed E-state index contributed by atoms with van der Waals surface area (Å²) in [7, 11) is 1.57. The number of nitrogens with one attached hydrogen (secondary N) is 2. The van der Waals surface area contributed by atoms with Gasteiger partial charge in [-0.05, 0) is 55.2 Å². The van der Waals surface area contributed by atoms with Gasteiger partial charge in [0.25, 0.3) is 11.8 Å². The molecule has 1 atom stereocenters. The van der Waals surface area contributed by atoms with E-state index < -0.39 is 11.9 Å². The van der Waals surface area contributed by atoms with E-state index in [9.17, 15) is 9.59 Å². The van der Waals surface area contributed by atoms with E-state index in [-0.39, 0.29) is 11.8 Å². The Hall–Kier alpha value is -3.06. The van der Waals surface area contributed by atoms with Crippen LogP contribution in [0, 0.1) is 5.92 Å². The second-order valence-electron chi connectivity index (χ2n) is 7.62. The van der Waals surface area contributed by atoms with Crippen molar-refractivity contribution >= 4 is 29.6 Å². The van der Waals surface area contributed by atoms with Crippen LogP contribution in [0.3, 0.4) is 0 Å². The van der Waals surface area contributed by atoms with Crippen molar-refractivity contribution in [2.24, 2.45) is 11.0 Å². The summed E-state index contributed by atoms with van der Waals surface area (Å²) >= 11 is 5.88. The Bertz CT molecular complexity index is 929. The van der Waals surface area contributed by atoms with Gasteiger partial charge in [-0.3, -0.25) is 9.59 Å². The molecule has 8 heteroatoms. The van der Waals surface area contributed by atoms with Crippen molar-refractivity contribution in [3.8, 4) is 11.5 Å². The maximum Gasteiger partial charge on any atom is 0.262 e. The normalized spacial score (nSPS) is 11.9. The molecule has 2 aromatic rings. The number of hydrogen-bond donors (Lipinski definition) is 2. The van der Waals surface area contributed by atoms with E-state index >= 15 is 0 Å². The van der Waals surface area contributed by atoms with Crippen molar-refractivity contribution in [2.75, 3.05) is 13.7 Å². The van der Waals surface area contributed by atoms with Gasteiger partial charge in [-0.15, -0.1) is 0 Å². The lowest BCUT2D eigenvalue weighted by Crippen LogP contribution is -2.46. The van der Waals surface area contributed by atoms with Crippen LogP contribution in [0.1, 0.15) is 49.5 Å². The van der Waals surface area contributed by atoms with E-state index in [0.717, 1.165) is 6.42 Å². The predicted octanol–water partition coefficient (Wildman–Crippen LogP) is 4.43. The first-order chi connectivity index (χ1) is 15.3. The first kappa shape index (κ1) is 25.2. The molecule has 0 saturated carbocycles. The Morgan fingerprint density at radius 1 is 1.16 bits per heavy atom. The van der Waals surface area contributed by atoms with Gasteiger partial charge >= 0.3 is 0 Å². The fourth-order valence-corrected chi connectivity index (χ4v) is 3.07. The number of ether oxygens (including phenoxy) is 2. The molecule has 32 heavy (non-hydrogen) atoms. The fourth-order valence-electron chi connectivity index (χ4n) is 2.94. The molecule has 2 rings (SSSR count). The van der Waals surface area contributed by atoms with Crippen molar-refractivity contribution in [3.05, 3.63) is 58.6 Å². The summed E-state index contributed by atoms with van der Waals surface area (Å²) in [5, 5.41) is 7.39. The van der Waals surface area contributed by atoms with Crippen molar-refractivity contribution < 1.29 is 19.1 Å². The largest absolute Gasteiger partial charge is 0.493 e. The third-order valence-corrected chi connectivity index (χ3v) is 4.75. The van der Waals surface area contributed by atoms with Gasteiger partial charge in [-0.1, -0.05) is 38.4 Å². The highest BCUT2D eigenvalue weighted by Gasteiger charge is 2.22. The molecule has 2 amide bonds. The molecule has 0 spiro atoms. The number of hydrogen-bond acceptors (Lipinski definition) is 5. The highest BCUT2D eigenvalue weighted by molar-refractivity contribution is 6.30. The Kier molecular flexibility index (Phi) is 10.0. The minimum Gasteiger partial charge on any atom is -0.493 e. The fraction of sp³-hybridized carbons (Fsp3) is 0.375. The Morgan fingerprint density at radius 3 is 2.50 bits per heavy atom. The van der Waals surface area contributed by atoms with Gasteiger partial charge in [-0.25, -0.2) is 5.43 Å². The van der Waals surface area contributed by atoms with Crippen LogP contribution < -0.4 is 20.2 Å². The van der Waals surface area contributed by atoms with Gasteiger partial charge in [0, 0.05) is 16.1 Å². The topological polar surface area (TPSA) is 89.0 Å². The minimum absolute atomic E-state index is 0.188. The number of carbonyl (C=O) groups excluding carboxylic acids is 2. The van der Waals surface area contributed by atoms with Crippen LogP contribution in [-0.4, -0.2) is 37.8 Å². The zero-order chi connectivity index (χ0) is 23.5. The summed E-state index contributed by atoms with van der Waals surface area (Å²) in [5.74, 6) is 0.574. The van der Waals surface area contributed by atoms with E-state index in [1.807, 2.05) is 32.9 Å². The lowest BCUT2D eigenvalue weighted by molar-refractivity contribution is -0.123. The van der Waals surface area contributed by atoms with E-state index in [0.29, 0.717) is 40.7 Å². The lowest BCUT2D eigenvalue weighted by Gasteiger charge is -2.19. The summed E-state index contributed by atoms with van der Waals surface area (Å²) in [5.41, 5.74) is 3.62. The van der Waals surface area contributed by atoms with E-state index in [4.69, 9.17) is 21.1 Å². The average molecular weight is 460 g/mol. The van der Waals surface area contributed by atoms with E-state index in [1.54, 1.807) is 37.4 Å². The van der Waals surface area contributed by atoms with Crippen LogP contribution in [-0.2, 0) is 4.79 Å². The summed E-state index contributed by atoms with van der Waals surface area (Å²) in [4.78, 5) is 25.3. The Morgan fingerprint density at radius 2 is 1.88 bits per heavy atom. The molecule has 2 aromatic carbocycles. The predicted molar refractivity (Wildman–Crippen MR) is 127 cm³/mol. The number of halogens is 1. The van der Waals surface area contributed by atoms with Gasteiger partial charge in [0.2, 0.25) is 0 Å². The number of nitrogens with zero attached hydrogens (tertiary/aromatic N) is 1. The molecule has 0 heterocycles. The van der Waals surface area contributed by atoms with Crippen molar-refractivity contribution in [1.29, 1.82) is 0 Å². The summed E-state index contributed by atoms with van der Waals surface area (Å²) in [6, 6.07) is 11.2. The maximum atomic E-state index is 12.8. The van der Waals surface area contributed by atoms with Crippen LogP contribution in [0.5, 0.6) is 11.5 Å². The number of methoxy groups -OCH3 is 1. The van der Waals surface area contributed by atoms with Gasteiger partial charge in [0.1, 0.15) is 6.04 Å². The molecule has 0 aromatic heterocycles. The summed E-state index contributed by atoms with van der Waals surface area (Å²) in [6.07, 6.45) is 2.80. The highest BCUT2D eigenvalue weighted by atomic mass is 35.5. The number of para-hydroxylation sites is 1. The molecular weight excluding hydrogens is 430 g/mol. The molecule has 0 aliphatic carbocycles. The molecular formula is C24H30ClN3O4. The molecule has 2 N–H and O–H groups in total. The first-order valence-corrected chi connectivity index (χ1v) is 10.9. The van der Waals surface area contributed by atoms with Crippen molar-refractivity contribution in [3.63, 3.8) is 0 Å². The monoisotopic (exact) mass is 459 g/mol. The SMILES string of the molecule is CCCOc1c(C=NNC(=O)C(CC(C)C)NC(=O)c2ccc(Cl)cc2)cccc1OC. The Labute approximate surface area is 194 Å². The number of amides is 2. The number of benzene rings is 2. The second-order valence-corrected chi connectivity index (χ2v) is 8.06. The third kappa shape index (κ3) is 7.57. The van der Waals surface area contributed by atoms with Gasteiger partial charge in [0.15, 0.2) is 11.5 Å². The zero-order valence-electron chi connectivity index (χ0n) is 18.9. The van der Waals surface area contributed by atoms with Gasteiger partial charge in [-0.2, -0.15) is 5.10 Å². The zero-order valence-corrected chi connectivity index (χ0v) is 19.6. The molecule has 1 unspecified atom stereocenters. The third-order valence-electron chi connectivity index (χ3n) is 4.49. The number of hydrazone groups is 1. The molecule has 7 nitrogen and oxygen atoms in total. The van der Waals surface area contributed by atoms with Crippen molar-refractivity contribution in [1.82, 2.24) is 10.7 Å². The van der Waals surface area contributed by atoms with Crippen LogP contribution in [0.4, 0.5) is 0 Å². The first-order valence-electron chi connectivity index (χ1n) is 10.5. The van der Waals surface area contributed by atoms with Crippen LogP contribution in [0.25, 0.3) is 0 Å². The Balaban J connectivity index is 2.10. The van der Waals surface area contributed by atoms with Gasteiger partial charge < -0.3 is 14.8 Å². The quantitative estimate of drug-likeness (QED) is 0.384. The molecule has 0 aliphatic heterocycles. The standard InChI is InChI=1S/C24H30ClN3O4/c1-5-13-32-22-18(7-6-8-21(22)31-4)15-26-28-24(30)20(14-16(2)3)27-23(29)17-9-11-19(25)12-10-17/h6-12,15-16,20H,5,13-14H2,1-4H3,(H,27,29)(H,28,30). The molecule has 0 aliphatic rings. The number of carbonyl (C=O) groups is 2. The van der Waals surface area contributed by atoms with Crippen LogP contribution in [0.15, 0.2) is 47.6 Å². The van der Waals surface area contributed by atoms with Crippen LogP contribution >= 0.6 is 11.6 Å². The van der Waals surface area contributed by atoms with E-state index in [1.165, 1.54) is 6.21 Å². The smallest absolute Gasteiger partial charge is 0.262 e.